The molecule has 0 bridgehead atoms. The zero-order valence-corrected chi connectivity index (χ0v) is 14.0. The van der Waals surface area contributed by atoms with Gasteiger partial charge in [-0.25, -0.2) is 0 Å². The number of benzene rings is 2. The van der Waals surface area contributed by atoms with E-state index >= 15 is 0 Å². The van der Waals surface area contributed by atoms with E-state index < -0.39 is 0 Å². The van der Waals surface area contributed by atoms with Crippen molar-refractivity contribution in [1.82, 2.24) is 0 Å². The summed E-state index contributed by atoms with van der Waals surface area (Å²) < 4.78 is 6.79. The average Bonchev–Trinajstić information content (AvgIpc) is 2.88. The van der Waals surface area contributed by atoms with Crippen molar-refractivity contribution in [3.05, 3.63) is 62.1 Å². The highest BCUT2D eigenvalue weighted by molar-refractivity contribution is 9.10. The fourth-order valence-corrected chi connectivity index (χ4v) is 3.43. The van der Waals surface area contributed by atoms with Gasteiger partial charge >= 0.3 is 0 Å². The van der Waals surface area contributed by atoms with Crippen LogP contribution in [0.3, 0.4) is 0 Å². The van der Waals surface area contributed by atoms with Crippen molar-refractivity contribution < 1.29 is 4.74 Å². The first-order valence-corrected chi connectivity index (χ1v) is 8.02. The van der Waals surface area contributed by atoms with Crippen molar-refractivity contribution in [2.45, 2.75) is 18.7 Å². The minimum atomic E-state index is -0.240. The number of aryl methyl sites for hydroxylation is 1. The molecule has 2 aromatic rings. The first-order valence-electron chi connectivity index (χ1n) is 6.41. The summed E-state index contributed by atoms with van der Waals surface area (Å²) in [5.41, 5.74) is 4.28. The Morgan fingerprint density at radius 2 is 2.05 bits per heavy atom. The topological polar surface area (TPSA) is 9.23 Å². The van der Waals surface area contributed by atoms with E-state index in [1.807, 2.05) is 31.2 Å². The molecule has 0 saturated heterocycles. The van der Waals surface area contributed by atoms with Gasteiger partial charge in [-0.1, -0.05) is 39.7 Å². The maximum Gasteiger partial charge on any atom is 0.127 e. The number of ether oxygens (including phenoxy) is 1. The predicted molar refractivity (Wildman–Crippen MR) is 87.2 cm³/mol. The van der Waals surface area contributed by atoms with Crippen LogP contribution in [0.2, 0.25) is 5.02 Å². The van der Waals surface area contributed by atoms with Crippen molar-refractivity contribution in [2.75, 3.05) is 6.61 Å². The molecule has 0 aliphatic carbocycles. The monoisotopic (exact) mass is 370 g/mol. The van der Waals surface area contributed by atoms with E-state index in [1.54, 1.807) is 0 Å². The zero-order valence-electron chi connectivity index (χ0n) is 10.9. The van der Waals surface area contributed by atoms with Crippen molar-refractivity contribution in [2.24, 2.45) is 0 Å². The van der Waals surface area contributed by atoms with Crippen LogP contribution in [0.15, 0.2) is 34.8 Å². The van der Waals surface area contributed by atoms with Gasteiger partial charge in [0.15, 0.2) is 0 Å². The molecule has 1 unspecified atom stereocenters. The molecule has 0 aromatic heterocycles. The SMILES string of the molecule is Cc1cc(C(Cl)c2cc(Br)cc3c2OCC3)ccc1Cl. The minimum absolute atomic E-state index is 0.240. The molecule has 0 saturated carbocycles. The summed E-state index contributed by atoms with van der Waals surface area (Å²) in [6.07, 6.45) is 0.936. The molecule has 20 heavy (non-hydrogen) atoms. The second kappa shape index (κ2) is 5.59. The summed E-state index contributed by atoms with van der Waals surface area (Å²) in [5, 5.41) is 0.517. The van der Waals surface area contributed by atoms with Gasteiger partial charge in [0, 0.05) is 21.5 Å². The number of hydrogen-bond donors (Lipinski definition) is 0. The van der Waals surface area contributed by atoms with E-state index in [0.717, 1.165) is 45.0 Å². The smallest absolute Gasteiger partial charge is 0.127 e. The molecular weight excluding hydrogens is 359 g/mol. The lowest BCUT2D eigenvalue weighted by atomic mass is 9.99. The summed E-state index contributed by atoms with van der Waals surface area (Å²) >= 11 is 16.3. The molecule has 0 fully saturated rings. The highest BCUT2D eigenvalue weighted by atomic mass is 79.9. The van der Waals surface area contributed by atoms with E-state index in [0.29, 0.717) is 0 Å². The molecule has 0 N–H and O–H groups in total. The van der Waals surface area contributed by atoms with Crippen molar-refractivity contribution in [3.8, 4) is 5.75 Å². The number of fused-ring (bicyclic) bond motifs is 1. The van der Waals surface area contributed by atoms with Gasteiger partial charge in [0.2, 0.25) is 0 Å². The third-order valence-electron chi connectivity index (χ3n) is 3.52. The molecule has 0 spiro atoms. The Balaban J connectivity index is 2.06. The van der Waals surface area contributed by atoms with Gasteiger partial charge in [0.05, 0.1) is 12.0 Å². The predicted octanol–water partition coefficient (Wildman–Crippen LogP) is 5.67. The second-order valence-corrected chi connectivity index (χ2v) is 6.71. The van der Waals surface area contributed by atoms with Gasteiger partial charge in [-0.3, -0.25) is 0 Å². The molecule has 0 radical (unpaired) electrons. The average molecular weight is 372 g/mol. The molecule has 0 amide bonds. The largest absolute Gasteiger partial charge is 0.493 e. The quantitative estimate of drug-likeness (QED) is 0.617. The maximum atomic E-state index is 6.67. The molecular formula is C16H13BrCl2O. The fraction of sp³-hybridized carbons (Fsp3) is 0.250. The van der Waals surface area contributed by atoms with Crippen LogP contribution < -0.4 is 4.74 Å². The standard InChI is InChI=1S/C16H13BrCl2O/c1-9-6-10(2-3-14(9)18)15(19)13-8-12(17)7-11-4-5-20-16(11)13/h2-3,6-8,15H,4-5H2,1H3. The number of rotatable bonds is 2. The first kappa shape index (κ1) is 14.2. The molecule has 1 aliphatic heterocycles. The van der Waals surface area contributed by atoms with Gasteiger partial charge < -0.3 is 4.74 Å². The van der Waals surface area contributed by atoms with Crippen LogP contribution in [-0.2, 0) is 6.42 Å². The fourth-order valence-electron chi connectivity index (χ4n) is 2.49. The highest BCUT2D eigenvalue weighted by Gasteiger charge is 2.23. The zero-order chi connectivity index (χ0) is 14.3. The van der Waals surface area contributed by atoms with Crippen molar-refractivity contribution in [3.63, 3.8) is 0 Å². The van der Waals surface area contributed by atoms with E-state index in [1.165, 1.54) is 5.56 Å². The van der Waals surface area contributed by atoms with Crippen LogP contribution in [0, 0.1) is 6.92 Å². The number of hydrogen-bond acceptors (Lipinski definition) is 1. The van der Waals surface area contributed by atoms with Crippen LogP contribution in [0.4, 0.5) is 0 Å². The highest BCUT2D eigenvalue weighted by Crippen LogP contribution is 2.42. The van der Waals surface area contributed by atoms with Crippen LogP contribution in [0.5, 0.6) is 5.75 Å². The van der Waals surface area contributed by atoms with Crippen molar-refractivity contribution >= 4 is 39.1 Å². The van der Waals surface area contributed by atoms with Gasteiger partial charge in [0.1, 0.15) is 5.75 Å². The lowest BCUT2D eigenvalue weighted by Gasteiger charge is -2.16. The molecule has 1 nitrogen and oxygen atoms in total. The Hall–Kier alpha value is -0.700. The Morgan fingerprint density at radius 1 is 1.25 bits per heavy atom. The molecule has 1 heterocycles. The van der Waals surface area contributed by atoms with Crippen LogP contribution in [0.25, 0.3) is 0 Å². The Morgan fingerprint density at radius 3 is 2.80 bits per heavy atom. The summed E-state index contributed by atoms with van der Waals surface area (Å²) in [6.45, 7) is 2.71. The van der Waals surface area contributed by atoms with Gasteiger partial charge in [-0.2, -0.15) is 0 Å². The normalized spacial score (nSPS) is 14.8. The summed E-state index contributed by atoms with van der Waals surface area (Å²) in [7, 11) is 0. The van der Waals surface area contributed by atoms with Crippen LogP contribution in [-0.4, -0.2) is 6.61 Å². The van der Waals surface area contributed by atoms with Gasteiger partial charge in [-0.15, -0.1) is 11.6 Å². The summed E-state index contributed by atoms with van der Waals surface area (Å²) in [4.78, 5) is 0. The molecule has 1 atom stereocenters. The second-order valence-electron chi connectivity index (χ2n) is 4.95. The molecule has 4 heteroatoms. The van der Waals surface area contributed by atoms with Crippen molar-refractivity contribution in [1.29, 1.82) is 0 Å². The third kappa shape index (κ3) is 2.57. The molecule has 1 aliphatic rings. The van der Waals surface area contributed by atoms with E-state index in [2.05, 4.69) is 22.0 Å². The van der Waals surface area contributed by atoms with Crippen LogP contribution >= 0.6 is 39.1 Å². The number of halogens is 3. The van der Waals surface area contributed by atoms with E-state index in [-0.39, 0.29) is 5.38 Å². The van der Waals surface area contributed by atoms with Gasteiger partial charge in [0.25, 0.3) is 0 Å². The lowest BCUT2D eigenvalue weighted by Crippen LogP contribution is -1.98. The Bertz CT molecular complexity index is 670. The van der Waals surface area contributed by atoms with E-state index in [9.17, 15) is 0 Å². The van der Waals surface area contributed by atoms with Crippen LogP contribution in [0.1, 0.15) is 27.6 Å². The lowest BCUT2D eigenvalue weighted by molar-refractivity contribution is 0.353. The Labute approximate surface area is 137 Å². The summed E-state index contributed by atoms with van der Waals surface area (Å²) in [5.74, 6) is 0.931. The number of alkyl halides is 1. The Kier molecular flexibility index (Phi) is 3.98. The maximum absolute atomic E-state index is 6.67. The first-order chi connectivity index (χ1) is 9.56. The third-order valence-corrected chi connectivity index (χ3v) is 4.89. The minimum Gasteiger partial charge on any atom is -0.493 e. The molecule has 104 valence electrons. The van der Waals surface area contributed by atoms with Gasteiger partial charge in [-0.05, 0) is 41.8 Å². The molecule has 3 rings (SSSR count). The van der Waals surface area contributed by atoms with E-state index in [4.69, 9.17) is 27.9 Å². The molecule has 2 aromatic carbocycles. The summed E-state index contributed by atoms with van der Waals surface area (Å²) in [6, 6.07) is 10.0.